The molecule has 1 saturated heterocycles. The molecule has 0 radical (unpaired) electrons. The smallest absolute Gasteiger partial charge is 0.370 e. The lowest BCUT2D eigenvalue weighted by molar-refractivity contribution is -0.137. The summed E-state index contributed by atoms with van der Waals surface area (Å²) in [5.74, 6) is -0.757. The van der Waals surface area contributed by atoms with Gasteiger partial charge in [-0.25, -0.2) is 4.99 Å². The number of nitrogens with one attached hydrogen (secondary N) is 1. The van der Waals surface area contributed by atoms with Gasteiger partial charge in [-0.05, 0) is 49.3 Å². The number of nitrogens with zero attached hydrogens (tertiary/aromatic N) is 3. The molecule has 1 aromatic carbocycles. The zero-order chi connectivity index (χ0) is 24.5. The van der Waals surface area contributed by atoms with E-state index in [2.05, 4.69) is 15.3 Å². The number of amides is 1. The zero-order valence-electron chi connectivity index (χ0n) is 19.1. The summed E-state index contributed by atoms with van der Waals surface area (Å²) in [6.07, 6.45) is 2.52. The van der Waals surface area contributed by atoms with Crippen molar-refractivity contribution in [2.45, 2.75) is 58.0 Å². The number of carbonyl (C=O) groups is 1. The number of hydrogen-bond acceptors (Lipinski definition) is 5. The number of halogens is 4. The summed E-state index contributed by atoms with van der Waals surface area (Å²) >= 11 is 6.21. The van der Waals surface area contributed by atoms with Crippen LogP contribution in [-0.4, -0.2) is 36.4 Å². The fraction of sp³-hybridized carbons (Fsp3) is 0.542. The van der Waals surface area contributed by atoms with E-state index < -0.39 is 17.6 Å². The minimum Gasteiger partial charge on any atom is -0.370 e. The minimum atomic E-state index is -4.54. The number of rotatable bonds is 5. The Balaban J connectivity index is 1.65. The Hall–Kier alpha value is -2.55. The van der Waals surface area contributed by atoms with E-state index in [1.165, 1.54) is 12.5 Å². The van der Waals surface area contributed by atoms with E-state index in [9.17, 15) is 18.0 Å². The largest absolute Gasteiger partial charge is 0.418 e. The molecular formula is C24H29ClF3N5O. The maximum atomic E-state index is 14.1. The van der Waals surface area contributed by atoms with Gasteiger partial charge < -0.3 is 16.0 Å². The third-order valence-corrected chi connectivity index (χ3v) is 7.35. The van der Waals surface area contributed by atoms with Gasteiger partial charge in [-0.3, -0.25) is 9.79 Å². The molecule has 184 valence electrons. The van der Waals surface area contributed by atoms with Crippen molar-refractivity contribution in [3.05, 3.63) is 35.2 Å². The quantitative estimate of drug-likeness (QED) is 0.567. The number of nitrogens with two attached hydrogens (primary N) is 1. The Morgan fingerprint density at radius 3 is 2.62 bits per heavy atom. The molecule has 0 unspecified atom stereocenters. The Labute approximate surface area is 202 Å². The number of aliphatic imine (C=N–C) groups is 2. The maximum absolute atomic E-state index is 14.1. The van der Waals surface area contributed by atoms with Gasteiger partial charge in [-0.15, -0.1) is 0 Å². The number of hydrogen-bond donors (Lipinski definition) is 2. The summed E-state index contributed by atoms with van der Waals surface area (Å²) in [5.41, 5.74) is 5.76. The standard InChI is InChI=1S/C24H29ClF3N5O/c1-2-18-20(25)32-22(16(13-30-18)21(29)34)31-15-6-7-19(17(12-15)24(26,27)28)33-11-10-23(14-33)8-4-3-5-9-23/h6-7,12,31H,2-5,8-11,13-14H2,1H3,(H2,29,34). The van der Waals surface area contributed by atoms with Crippen LogP contribution in [0.5, 0.6) is 0 Å². The lowest BCUT2D eigenvalue weighted by atomic mass is 9.73. The first-order valence-electron chi connectivity index (χ1n) is 11.7. The van der Waals surface area contributed by atoms with Gasteiger partial charge in [0.2, 0.25) is 5.91 Å². The number of alkyl halides is 3. The molecule has 0 aromatic heterocycles. The topological polar surface area (TPSA) is 83.1 Å². The van der Waals surface area contributed by atoms with Crippen LogP contribution in [0.2, 0.25) is 0 Å². The van der Waals surface area contributed by atoms with Crippen molar-refractivity contribution in [1.29, 1.82) is 0 Å². The van der Waals surface area contributed by atoms with Crippen LogP contribution in [0.15, 0.2) is 39.6 Å². The number of benzene rings is 1. The SMILES string of the molecule is CCC1=NCC(C(N)=O)=C(Nc2ccc(N3CCC4(CCCCC4)C3)c(C(F)(F)F)c2)N=C1Cl. The van der Waals surface area contributed by atoms with Crippen molar-refractivity contribution in [1.82, 2.24) is 0 Å². The molecule has 2 aliphatic heterocycles. The second-order valence-electron chi connectivity index (χ2n) is 9.30. The third-order valence-electron chi connectivity index (χ3n) is 7.05. The van der Waals surface area contributed by atoms with E-state index in [1.807, 2.05) is 11.8 Å². The molecule has 0 bridgehead atoms. The van der Waals surface area contributed by atoms with E-state index in [4.69, 9.17) is 17.3 Å². The Kier molecular flexibility index (Phi) is 6.94. The first kappa shape index (κ1) is 24.6. The highest BCUT2D eigenvalue weighted by molar-refractivity contribution is 6.84. The first-order valence-corrected chi connectivity index (χ1v) is 12.0. The first-order chi connectivity index (χ1) is 16.1. The van der Waals surface area contributed by atoms with Crippen LogP contribution < -0.4 is 16.0 Å². The van der Waals surface area contributed by atoms with Crippen LogP contribution in [0.1, 0.15) is 57.4 Å². The average molecular weight is 496 g/mol. The van der Waals surface area contributed by atoms with Crippen LogP contribution in [0.25, 0.3) is 0 Å². The van der Waals surface area contributed by atoms with E-state index in [-0.39, 0.29) is 39.9 Å². The van der Waals surface area contributed by atoms with Gasteiger partial charge >= 0.3 is 6.18 Å². The van der Waals surface area contributed by atoms with E-state index in [0.717, 1.165) is 38.2 Å². The Morgan fingerprint density at radius 1 is 1.24 bits per heavy atom. The van der Waals surface area contributed by atoms with Crippen molar-refractivity contribution in [3.63, 3.8) is 0 Å². The normalized spacial score (nSPS) is 20.8. The summed E-state index contributed by atoms with van der Waals surface area (Å²) < 4.78 is 42.3. The molecule has 1 spiro atoms. The van der Waals surface area contributed by atoms with E-state index >= 15 is 0 Å². The molecule has 1 saturated carbocycles. The molecule has 0 atom stereocenters. The van der Waals surface area contributed by atoms with Crippen LogP contribution in [0.3, 0.4) is 0 Å². The summed E-state index contributed by atoms with van der Waals surface area (Å²) in [7, 11) is 0. The number of primary amides is 1. The highest BCUT2D eigenvalue weighted by Crippen LogP contribution is 2.47. The minimum absolute atomic E-state index is 0.00732. The van der Waals surface area contributed by atoms with Gasteiger partial charge in [-0.2, -0.15) is 13.2 Å². The molecule has 3 N–H and O–H groups in total. The molecule has 3 aliphatic rings. The summed E-state index contributed by atoms with van der Waals surface area (Å²) in [5, 5.41) is 2.90. The molecule has 1 aromatic rings. The van der Waals surface area contributed by atoms with E-state index in [0.29, 0.717) is 25.2 Å². The van der Waals surface area contributed by atoms with Crippen LogP contribution in [0.4, 0.5) is 24.5 Å². The van der Waals surface area contributed by atoms with Gasteiger partial charge in [0.15, 0.2) is 5.17 Å². The summed E-state index contributed by atoms with van der Waals surface area (Å²) in [6, 6.07) is 4.12. The Morgan fingerprint density at radius 2 is 1.97 bits per heavy atom. The molecule has 10 heteroatoms. The van der Waals surface area contributed by atoms with Crippen molar-refractivity contribution < 1.29 is 18.0 Å². The average Bonchev–Trinajstić information content (AvgIpc) is 3.10. The lowest BCUT2D eigenvalue weighted by Crippen LogP contribution is -2.30. The van der Waals surface area contributed by atoms with Crippen molar-refractivity contribution in [3.8, 4) is 0 Å². The number of anilines is 2. The second kappa shape index (κ2) is 9.60. The van der Waals surface area contributed by atoms with Crippen molar-refractivity contribution in [2.24, 2.45) is 21.1 Å². The highest BCUT2D eigenvalue weighted by atomic mass is 35.5. The fourth-order valence-electron chi connectivity index (χ4n) is 5.20. The van der Waals surface area contributed by atoms with Crippen molar-refractivity contribution >= 4 is 39.8 Å². The molecular weight excluding hydrogens is 467 g/mol. The van der Waals surface area contributed by atoms with Gasteiger partial charge in [0.25, 0.3) is 0 Å². The zero-order valence-corrected chi connectivity index (χ0v) is 19.9. The molecule has 34 heavy (non-hydrogen) atoms. The van der Waals surface area contributed by atoms with Crippen molar-refractivity contribution in [2.75, 3.05) is 29.9 Å². The lowest BCUT2D eigenvalue weighted by Gasteiger charge is -2.34. The predicted molar refractivity (Wildman–Crippen MR) is 130 cm³/mol. The van der Waals surface area contributed by atoms with Gasteiger partial charge in [0.05, 0.1) is 23.4 Å². The molecule has 1 amide bonds. The monoisotopic (exact) mass is 495 g/mol. The molecule has 4 rings (SSSR count). The second-order valence-corrected chi connectivity index (χ2v) is 9.66. The summed E-state index contributed by atoms with van der Waals surface area (Å²) in [4.78, 5) is 22.3. The third kappa shape index (κ3) is 5.09. The predicted octanol–water partition coefficient (Wildman–Crippen LogP) is 5.48. The molecule has 6 nitrogen and oxygen atoms in total. The van der Waals surface area contributed by atoms with Gasteiger partial charge in [-0.1, -0.05) is 37.8 Å². The summed E-state index contributed by atoms with van der Waals surface area (Å²) in [6.45, 7) is 3.05. The molecule has 2 fully saturated rings. The Bertz CT molecular complexity index is 1060. The molecule has 1 aliphatic carbocycles. The maximum Gasteiger partial charge on any atom is 0.418 e. The van der Waals surface area contributed by atoms with Gasteiger partial charge in [0, 0.05) is 24.5 Å². The van der Waals surface area contributed by atoms with Crippen LogP contribution >= 0.6 is 11.6 Å². The van der Waals surface area contributed by atoms with Gasteiger partial charge in [0.1, 0.15) is 5.82 Å². The fourth-order valence-corrected chi connectivity index (χ4v) is 5.48. The van der Waals surface area contributed by atoms with Crippen LogP contribution in [-0.2, 0) is 11.0 Å². The number of carbonyl (C=O) groups excluding carboxylic acids is 1. The van der Waals surface area contributed by atoms with E-state index in [1.54, 1.807) is 6.07 Å². The van der Waals surface area contributed by atoms with Crippen LogP contribution in [0, 0.1) is 5.41 Å². The molecule has 2 heterocycles. The highest BCUT2D eigenvalue weighted by Gasteiger charge is 2.42.